The van der Waals surface area contributed by atoms with Crippen molar-refractivity contribution in [3.8, 4) is 0 Å². The number of aryl methyl sites for hydroxylation is 2. The predicted octanol–water partition coefficient (Wildman–Crippen LogP) is 4.34. The van der Waals surface area contributed by atoms with Crippen LogP contribution in [0.5, 0.6) is 0 Å². The van der Waals surface area contributed by atoms with Gasteiger partial charge in [-0.15, -0.1) is 0 Å². The zero-order chi connectivity index (χ0) is 17.7. The Morgan fingerprint density at radius 3 is 2.46 bits per heavy atom. The van der Waals surface area contributed by atoms with Gasteiger partial charge in [0.2, 0.25) is 5.91 Å². The molecule has 1 atom stereocenters. The number of hydrogen-bond donors (Lipinski definition) is 2. The van der Waals surface area contributed by atoms with Crippen LogP contribution in [0.1, 0.15) is 23.1 Å². The van der Waals surface area contributed by atoms with Gasteiger partial charge in [0.05, 0.1) is 11.6 Å². The van der Waals surface area contributed by atoms with Crippen molar-refractivity contribution in [1.29, 1.82) is 0 Å². The van der Waals surface area contributed by atoms with Gasteiger partial charge in [0.25, 0.3) is 0 Å². The minimum absolute atomic E-state index is 0.0659. The monoisotopic (exact) mass is 389 g/mol. The molecule has 0 heterocycles. The summed E-state index contributed by atoms with van der Waals surface area (Å²) >= 11 is 3.40. The fraction of sp³-hybridized carbons (Fsp3) is 0.263. The van der Waals surface area contributed by atoms with Gasteiger partial charge in [-0.25, -0.2) is 0 Å². The van der Waals surface area contributed by atoms with Crippen LogP contribution in [0.15, 0.2) is 46.9 Å². The number of carbonyl (C=O) groups excluding carboxylic acids is 1. The van der Waals surface area contributed by atoms with Crippen molar-refractivity contribution < 1.29 is 14.7 Å². The Labute approximate surface area is 150 Å². The quantitative estimate of drug-likeness (QED) is 0.771. The van der Waals surface area contributed by atoms with Crippen molar-refractivity contribution in [3.63, 3.8) is 0 Å². The van der Waals surface area contributed by atoms with Gasteiger partial charge in [0.15, 0.2) is 0 Å². The first kappa shape index (κ1) is 18.2. The van der Waals surface area contributed by atoms with E-state index in [1.165, 1.54) is 0 Å². The second-order valence-corrected chi connectivity index (χ2v) is 6.82. The molecule has 2 aromatic carbocycles. The topological polar surface area (TPSA) is 66.4 Å². The van der Waals surface area contributed by atoms with E-state index >= 15 is 0 Å². The Morgan fingerprint density at radius 1 is 1.12 bits per heavy atom. The highest BCUT2D eigenvalue weighted by atomic mass is 79.9. The molecule has 126 valence electrons. The number of rotatable bonds is 6. The normalized spacial score (nSPS) is 11.8. The molecule has 0 radical (unpaired) electrons. The third kappa shape index (κ3) is 5.20. The molecule has 2 N–H and O–H groups in total. The van der Waals surface area contributed by atoms with Crippen LogP contribution < -0.4 is 5.32 Å². The van der Waals surface area contributed by atoms with Crippen molar-refractivity contribution in [2.45, 2.75) is 26.7 Å². The standard InChI is InChI=1S/C19H20BrNO3/c1-12-4-3-5-14(8-12)10-15(19(23)24)11-18(22)21-17-7-6-13(2)9-16(17)20/h3-9,15H,10-11H2,1-2H3,(H,21,22)(H,23,24). The average Bonchev–Trinajstić information content (AvgIpc) is 2.49. The predicted molar refractivity (Wildman–Crippen MR) is 98.1 cm³/mol. The molecule has 0 aliphatic carbocycles. The summed E-state index contributed by atoms with van der Waals surface area (Å²) in [6, 6.07) is 13.3. The lowest BCUT2D eigenvalue weighted by Gasteiger charge is -2.14. The fourth-order valence-electron chi connectivity index (χ4n) is 2.52. The van der Waals surface area contributed by atoms with E-state index in [0.29, 0.717) is 12.1 Å². The van der Waals surface area contributed by atoms with E-state index in [-0.39, 0.29) is 12.3 Å². The van der Waals surface area contributed by atoms with Crippen LogP contribution in [0.2, 0.25) is 0 Å². The van der Waals surface area contributed by atoms with Crippen molar-refractivity contribution in [1.82, 2.24) is 0 Å². The highest BCUT2D eigenvalue weighted by molar-refractivity contribution is 9.10. The van der Waals surface area contributed by atoms with E-state index in [4.69, 9.17) is 0 Å². The van der Waals surface area contributed by atoms with Gasteiger partial charge in [0.1, 0.15) is 0 Å². The summed E-state index contributed by atoms with van der Waals surface area (Å²) in [6.45, 7) is 3.92. The lowest BCUT2D eigenvalue weighted by Crippen LogP contribution is -2.24. The summed E-state index contributed by atoms with van der Waals surface area (Å²) < 4.78 is 0.779. The zero-order valence-corrected chi connectivity index (χ0v) is 15.3. The molecule has 1 unspecified atom stereocenters. The van der Waals surface area contributed by atoms with Crippen LogP contribution in [-0.4, -0.2) is 17.0 Å². The van der Waals surface area contributed by atoms with Crippen LogP contribution in [-0.2, 0) is 16.0 Å². The van der Waals surface area contributed by atoms with E-state index in [1.807, 2.05) is 50.2 Å². The smallest absolute Gasteiger partial charge is 0.307 e. The number of carboxylic acids is 1. The minimum Gasteiger partial charge on any atom is -0.481 e. The summed E-state index contributed by atoms with van der Waals surface area (Å²) in [4.78, 5) is 23.7. The maximum Gasteiger partial charge on any atom is 0.307 e. The minimum atomic E-state index is -0.963. The Morgan fingerprint density at radius 2 is 1.83 bits per heavy atom. The Kier molecular flexibility index (Phi) is 6.15. The molecule has 0 spiro atoms. The molecule has 4 nitrogen and oxygen atoms in total. The number of carboxylic acid groups (broad SMARTS) is 1. The molecule has 0 aliphatic heterocycles. The van der Waals surface area contributed by atoms with Gasteiger partial charge in [-0.1, -0.05) is 35.9 Å². The molecule has 2 rings (SSSR count). The van der Waals surface area contributed by atoms with Crippen LogP contribution in [0.4, 0.5) is 5.69 Å². The maximum absolute atomic E-state index is 12.2. The molecule has 0 bridgehead atoms. The second kappa shape index (κ2) is 8.11. The number of amides is 1. The number of hydrogen-bond acceptors (Lipinski definition) is 2. The Bertz CT molecular complexity index is 758. The van der Waals surface area contributed by atoms with Crippen LogP contribution in [0.3, 0.4) is 0 Å². The summed E-state index contributed by atoms with van der Waals surface area (Å²) in [5.41, 5.74) is 3.71. The van der Waals surface area contributed by atoms with E-state index in [9.17, 15) is 14.7 Å². The molecule has 0 saturated carbocycles. The van der Waals surface area contributed by atoms with Crippen molar-refractivity contribution in [3.05, 3.63) is 63.6 Å². The van der Waals surface area contributed by atoms with Gasteiger partial charge in [-0.05, 0) is 59.5 Å². The third-order valence-corrected chi connectivity index (χ3v) is 4.40. The molecule has 5 heteroatoms. The van der Waals surface area contributed by atoms with E-state index < -0.39 is 11.9 Å². The van der Waals surface area contributed by atoms with Crippen LogP contribution in [0.25, 0.3) is 0 Å². The molecule has 24 heavy (non-hydrogen) atoms. The Hall–Kier alpha value is -2.14. The summed E-state index contributed by atoms with van der Waals surface area (Å²) in [5.74, 6) is -2.02. The Balaban J connectivity index is 2.04. The highest BCUT2D eigenvalue weighted by Gasteiger charge is 2.22. The van der Waals surface area contributed by atoms with E-state index in [2.05, 4.69) is 21.2 Å². The van der Waals surface area contributed by atoms with Crippen LogP contribution >= 0.6 is 15.9 Å². The lowest BCUT2D eigenvalue weighted by molar-refractivity contribution is -0.143. The number of anilines is 1. The van der Waals surface area contributed by atoms with Gasteiger partial charge < -0.3 is 10.4 Å². The van der Waals surface area contributed by atoms with Gasteiger partial charge in [-0.3, -0.25) is 9.59 Å². The first-order chi connectivity index (χ1) is 11.3. The molecule has 0 saturated heterocycles. The summed E-state index contributed by atoms with van der Waals surface area (Å²) in [6.07, 6.45) is 0.267. The highest BCUT2D eigenvalue weighted by Crippen LogP contribution is 2.24. The molecule has 1 amide bonds. The number of carbonyl (C=O) groups is 2. The lowest BCUT2D eigenvalue weighted by atomic mass is 9.95. The van der Waals surface area contributed by atoms with Gasteiger partial charge >= 0.3 is 5.97 Å². The number of halogens is 1. The number of benzene rings is 2. The van der Waals surface area contributed by atoms with Gasteiger partial charge in [0, 0.05) is 10.9 Å². The van der Waals surface area contributed by atoms with E-state index in [0.717, 1.165) is 21.2 Å². The first-order valence-corrected chi connectivity index (χ1v) is 8.49. The molecule has 2 aromatic rings. The molecule has 0 fully saturated rings. The average molecular weight is 390 g/mol. The largest absolute Gasteiger partial charge is 0.481 e. The van der Waals surface area contributed by atoms with Crippen molar-refractivity contribution in [2.24, 2.45) is 5.92 Å². The molecular formula is C19H20BrNO3. The SMILES string of the molecule is Cc1cccc(CC(CC(=O)Nc2ccc(C)cc2Br)C(=O)O)c1. The van der Waals surface area contributed by atoms with Crippen molar-refractivity contribution in [2.75, 3.05) is 5.32 Å². The maximum atomic E-state index is 12.2. The van der Waals surface area contributed by atoms with Crippen molar-refractivity contribution >= 4 is 33.5 Å². The zero-order valence-electron chi connectivity index (χ0n) is 13.7. The summed E-state index contributed by atoms with van der Waals surface area (Å²) in [5, 5.41) is 12.2. The number of nitrogens with one attached hydrogen (secondary N) is 1. The van der Waals surface area contributed by atoms with Gasteiger partial charge in [-0.2, -0.15) is 0 Å². The van der Waals surface area contributed by atoms with E-state index in [1.54, 1.807) is 6.07 Å². The third-order valence-electron chi connectivity index (χ3n) is 3.74. The summed E-state index contributed by atoms with van der Waals surface area (Å²) in [7, 11) is 0. The second-order valence-electron chi connectivity index (χ2n) is 5.96. The number of aliphatic carboxylic acids is 1. The first-order valence-electron chi connectivity index (χ1n) is 7.69. The molecule has 0 aromatic heterocycles. The molecular weight excluding hydrogens is 370 g/mol. The fourth-order valence-corrected chi connectivity index (χ4v) is 3.11. The molecule has 0 aliphatic rings. The van der Waals surface area contributed by atoms with Crippen LogP contribution in [0, 0.1) is 19.8 Å².